The van der Waals surface area contributed by atoms with Crippen molar-refractivity contribution in [2.75, 3.05) is 0 Å². The van der Waals surface area contributed by atoms with Crippen LogP contribution in [0.4, 0.5) is 0 Å². The Hall–Kier alpha value is -0.570. The minimum Gasteiger partial charge on any atom is -0.291 e. The van der Waals surface area contributed by atoms with Gasteiger partial charge in [-0.2, -0.15) is 0 Å². The fraction of sp³-hybridized carbons (Fsp3) is 0.800. The molecule has 0 aromatic rings. The molecule has 1 spiro atoms. The van der Waals surface area contributed by atoms with Crippen molar-refractivity contribution >= 4 is 5.91 Å². The number of rotatable bonds is 0. The first-order valence-corrected chi connectivity index (χ1v) is 2.87. The van der Waals surface area contributed by atoms with Gasteiger partial charge >= 0.3 is 0 Å². The maximum atomic E-state index is 10.5. The molecule has 8 heavy (non-hydrogen) atoms. The molecule has 3 heteroatoms. The van der Waals surface area contributed by atoms with Crippen LogP contribution in [0.1, 0.15) is 19.3 Å². The zero-order valence-corrected chi connectivity index (χ0v) is 4.53. The van der Waals surface area contributed by atoms with Crippen LogP contribution in [0, 0.1) is 0 Å². The average Bonchev–Trinajstić information content (AvgIpc) is 2.34. The molecule has 3 nitrogen and oxygen atoms in total. The molecule has 1 heterocycles. The van der Waals surface area contributed by atoms with E-state index in [4.69, 9.17) is 0 Å². The third kappa shape index (κ3) is 0.448. The van der Waals surface area contributed by atoms with Crippen molar-refractivity contribution in [3.8, 4) is 0 Å². The average molecular weight is 112 g/mol. The van der Waals surface area contributed by atoms with Crippen LogP contribution < -0.4 is 10.9 Å². The number of hydrogen-bond acceptors (Lipinski definition) is 2. The van der Waals surface area contributed by atoms with Gasteiger partial charge in [-0.05, 0) is 12.8 Å². The molecule has 0 aromatic heterocycles. The van der Waals surface area contributed by atoms with Crippen molar-refractivity contribution in [3.63, 3.8) is 0 Å². The summed E-state index contributed by atoms with van der Waals surface area (Å²) in [7, 11) is 0. The molecule has 2 fully saturated rings. The lowest BCUT2D eigenvalue weighted by Gasteiger charge is -1.98. The lowest BCUT2D eigenvalue weighted by atomic mass is 10.2. The highest BCUT2D eigenvalue weighted by Gasteiger charge is 2.48. The van der Waals surface area contributed by atoms with E-state index in [9.17, 15) is 4.79 Å². The predicted octanol–water partition coefficient (Wildman–Crippen LogP) is -0.457. The second kappa shape index (κ2) is 1.05. The molecule has 1 amide bonds. The molecule has 1 saturated carbocycles. The van der Waals surface area contributed by atoms with Crippen molar-refractivity contribution in [2.24, 2.45) is 0 Å². The van der Waals surface area contributed by atoms with Crippen LogP contribution in [-0.2, 0) is 4.79 Å². The summed E-state index contributed by atoms with van der Waals surface area (Å²) >= 11 is 0. The van der Waals surface area contributed by atoms with Gasteiger partial charge in [-0.15, -0.1) is 0 Å². The van der Waals surface area contributed by atoms with E-state index in [1.165, 1.54) is 0 Å². The first-order chi connectivity index (χ1) is 3.81. The number of hydrogen-bond donors (Lipinski definition) is 2. The molecule has 0 radical (unpaired) electrons. The smallest absolute Gasteiger partial charge is 0.236 e. The first kappa shape index (κ1) is 4.32. The number of carbonyl (C=O) groups is 1. The Morgan fingerprint density at radius 3 is 2.50 bits per heavy atom. The number of carbonyl (C=O) groups excluding carboxylic acids is 1. The second-order valence-electron chi connectivity index (χ2n) is 2.63. The highest BCUT2D eigenvalue weighted by atomic mass is 16.2. The van der Waals surface area contributed by atoms with Gasteiger partial charge in [-0.3, -0.25) is 10.2 Å². The molecule has 0 bridgehead atoms. The SMILES string of the molecule is O=C1CC2(CC2)NN1. The van der Waals surface area contributed by atoms with Gasteiger partial charge in [0.05, 0.1) is 0 Å². The molecule has 1 aliphatic carbocycles. The van der Waals surface area contributed by atoms with E-state index in [-0.39, 0.29) is 11.4 Å². The van der Waals surface area contributed by atoms with Gasteiger partial charge in [0.2, 0.25) is 5.91 Å². The summed E-state index contributed by atoms with van der Waals surface area (Å²) in [4.78, 5) is 10.5. The lowest BCUT2D eigenvalue weighted by molar-refractivity contribution is -0.119. The van der Waals surface area contributed by atoms with Gasteiger partial charge in [-0.1, -0.05) is 0 Å². The summed E-state index contributed by atoms with van der Waals surface area (Å²) < 4.78 is 0. The van der Waals surface area contributed by atoms with Gasteiger partial charge in [-0.25, -0.2) is 5.43 Å². The summed E-state index contributed by atoms with van der Waals surface area (Å²) in [5.74, 6) is 0.141. The first-order valence-electron chi connectivity index (χ1n) is 2.87. The van der Waals surface area contributed by atoms with E-state index in [1.54, 1.807) is 0 Å². The van der Waals surface area contributed by atoms with Crippen molar-refractivity contribution in [1.29, 1.82) is 0 Å². The molecule has 0 unspecified atom stereocenters. The standard InChI is InChI=1S/C5H8N2O/c8-4-3-5(1-2-5)7-6-4/h7H,1-3H2,(H,6,8). The molecule has 1 saturated heterocycles. The fourth-order valence-electron chi connectivity index (χ4n) is 1.05. The highest BCUT2D eigenvalue weighted by molar-refractivity contribution is 5.79. The molecule has 1 aliphatic heterocycles. The highest BCUT2D eigenvalue weighted by Crippen LogP contribution is 2.39. The molecule has 44 valence electrons. The summed E-state index contributed by atoms with van der Waals surface area (Å²) in [6.45, 7) is 0. The Labute approximate surface area is 47.4 Å². The predicted molar refractivity (Wildman–Crippen MR) is 27.9 cm³/mol. The third-order valence-electron chi connectivity index (χ3n) is 1.82. The van der Waals surface area contributed by atoms with Crippen molar-refractivity contribution < 1.29 is 4.79 Å². The largest absolute Gasteiger partial charge is 0.291 e. The van der Waals surface area contributed by atoms with Gasteiger partial charge in [0.25, 0.3) is 0 Å². The fourth-order valence-corrected chi connectivity index (χ4v) is 1.05. The van der Waals surface area contributed by atoms with E-state index in [1.807, 2.05) is 0 Å². The Morgan fingerprint density at radius 2 is 2.25 bits per heavy atom. The molecule has 2 aliphatic rings. The Bertz CT molecular complexity index is 139. The van der Waals surface area contributed by atoms with Crippen LogP contribution in [0.25, 0.3) is 0 Å². The van der Waals surface area contributed by atoms with Crippen LogP contribution in [0.2, 0.25) is 0 Å². The Kier molecular flexibility index (Phi) is 0.568. The van der Waals surface area contributed by atoms with Crippen molar-refractivity contribution in [2.45, 2.75) is 24.8 Å². The zero-order valence-electron chi connectivity index (χ0n) is 4.53. The van der Waals surface area contributed by atoms with Crippen LogP contribution in [0.3, 0.4) is 0 Å². The normalized spacial score (nSPS) is 30.8. The molecule has 0 atom stereocenters. The van der Waals surface area contributed by atoms with Crippen LogP contribution in [0.15, 0.2) is 0 Å². The maximum Gasteiger partial charge on any atom is 0.236 e. The van der Waals surface area contributed by atoms with Crippen LogP contribution >= 0.6 is 0 Å². The van der Waals surface area contributed by atoms with Crippen LogP contribution in [-0.4, -0.2) is 11.4 Å². The van der Waals surface area contributed by atoms with E-state index < -0.39 is 0 Å². The molecule has 2 rings (SSSR count). The second-order valence-corrected chi connectivity index (χ2v) is 2.63. The van der Waals surface area contributed by atoms with Gasteiger partial charge in [0, 0.05) is 12.0 Å². The Morgan fingerprint density at radius 1 is 1.50 bits per heavy atom. The van der Waals surface area contributed by atoms with E-state index in [2.05, 4.69) is 10.9 Å². The van der Waals surface area contributed by atoms with E-state index in [0.29, 0.717) is 6.42 Å². The molecular weight excluding hydrogens is 104 g/mol. The topological polar surface area (TPSA) is 41.1 Å². The molecular formula is C5H8N2O. The summed E-state index contributed by atoms with van der Waals surface area (Å²) in [5.41, 5.74) is 5.75. The third-order valence-corrected chi connectivity index (χ3v) is 1.82. The van der Waals surface area contributed by atoms with Crippen LogP contribution in [0.5, 0.6) is 0 Å². The summed E-state index contributed by atoms with van der Waals surface area (Å²) in [6.07, 6.45) is 3.00. The molecule has 2 N–H and O–H groups in total. The summed E-state index contributed by atoms with van der Waals surface area (Å²) in [6, 6.07) is 0. The summed E-state index contributed by atoms with van der Waals surface area (Å²) in [5, 5.41) is 0. The van der Waals surface area contributed by atoms with E-state index >= 15 is 0 Å². The minimum absolute atomic E-state index is 0.141. The number of hydrazine groups is 1. The van der Waals surface area contributed by atoms with Crippen molar-refractivity contribution in [1.82, 2.24) is 10.9 Å². The van der Waals surface area contributed by atoms with Gasteiger partial charge in [0.1, 0.15) is 0 Å². The molecule has 0 aromatic carbocycles. The van der Waals surface area contributed by atoms with Gasteiger partial charge < -0.3 is 0 Å². The van der Waals surface area contributed by atoms with Gasteiger partial charge in [0.15, 0.2) is 0 Å². The monoisotopic (exact) mass is 112 g/mol. The minimum atomic E-state index is 0.141. The zero-order chi connectivity index (χ0) is 5.61. The lowest BCUT2D eigenvalue weighted by Crippen LogP contribution is -2.32. The van der Waals surface area contributed by atoms with Crippen molar-refractivity contribution in [3.05, 3.63) is 0 Å². The number of amides is 1. The van der Waals surface area contributed by atoms with E-state index in [0.717, 1.165) is 12.8 Å². The number of nitrogens with one attached hydrogen (secondary N) is 2. The quantitative estimate of drug-likeness (QED) is 0.445. The Balaban J connectivity index is 2.13. The maximum absolute atomic E-state index is 10.5.